The number of nitrogens with zero attached hydrogens (tertiary/aromatic N) is 1. The van der Waals surface area contributed by atoms with E-state index in [0.717, 1.165) is 51.1 Å². The molecule has 0 bridgehead atoms. The Bertz CT molecular complexity index is 365. The Kier molecular flexibility index (Phi) is 8.78. The zero-order valence-corrected chi connectivity index (χ0v) is 14.7. The van der Waals surface area contributed by atoms with Crippen LogP contribution in [0.25, 0.3) is 0 Å². The SMILES string of the molecule is CCCC1CCC(NS(=O)(=O)N(C)CCCNCC)CC1. The van der Waals surface area contributed by atoms with Crippen molar-refractivity contribution in [3.05, 3.63) is 0 Å². The van der Waals surface area contributed by atoms with Gasteiger partial charge in [-0.2, -0.15) is 17.4 Å². The second-order valence-corrected chi connectivity index (χ2v) is 7.97. The number of hydrogen-bond acceptors (Lipinski definition) is 3. The highest BCUT2D eigenvalue weighted by molar-refractivity contribution is 7.87. The standard InChI is InChI=1S/C15H33N3O2S/c1-4-7-14-8-10-15(11-9-14)17-21(19,20)18(3)13-6-12-16-5-2/h14-17H,4-13H2,1-3H3. The molecule has 0 saturated heterocycles. The highest BCUT2D eigenvalue weighted by Crippen LogP contribution is 2.28. The maximum atomic E-state index is 12.3. The van der Waals surface area contributed by atoms with Crippen molar-refractivity contribution in [2.75, 3.05) is 26.7 Å². The predicted octanol–water partition coefficient (Wildman–Crippen LogP) is 2.11. The van der Waals surface area contributed by atoms with Crippen molar-refractivity contribution in [3.8, 4) is 0 Å². The van der Waals surface area contributed by atoms with E-state index >= 15 is 0 Å². The third-order valence-electron chi connectivity index (χ3n) is 4.35. The lowest BCUT2D eigenvalue weighted by atomic mass is 9.84. The van der Waals surface area contributed by atoms with E-state index in [9.17, 15) is 8.42 Å². The summed E-state index contributed by atoms with van der Waals surface area (Å²) in [7, 11) is -1.66. The van der Waals surface area contributed by atoms with Crippen LogP contribution < -0.4 is 10.0 Å². The molecule has 6 heteroatoms. The lowest BCUT2D eigenvalue weighted by Gasteiger charge is -2.30. The molecule has 2 N–H and O–H groups in total. The van der Waals surface area contributed by atoms with Gasteiger partial charge in [-0.05, 0) is 51.1 Å². The maximum Gasteiger partial charge on any atom is 0.279 e. The summed E-state index contributed by atoms with van der Waals surface area (Å²) in [6.45, 7) is 6.62. The van der Waals surface area contributed by atoms with Crippen molar-refractivity contribution >= 4 is 10.2 Å². The van der Waals surface area contributed by atoms with Crippen molar-refractivity contribution in [1.82, 2.24) is 14.3 Å². The molecule has 1 aliphatic carbocycles. The fourth-order valence-corrected chi connectivity index (χ4v) is 4.21. The monoisotopic (exact) mass is 319 g/mol. The average Bonchev–Trinajstić information content (AvgIpc) is 2.45. The van der Waals surface area contributed by atoms with Gasteiger partial charge in [0.1, 0.15) is 0 Å². The van der Waals surface area contributed by atoms with Crippen molar-refractivity contribution in [1.29, 1.82) is 0 Å². The maximum absolute atomic E-state index is 12.3. The van der Waals surface area contributed by atoms with E-state index in [1.807, 2.05) is 0 Å². The highest BCUT2D eigenvalue weighted by atomic mass is 32.2. The van der Waals surface area contributed by atoms with Gasteiger partial charge in [-0.1, -0.05) is 26.7 Å². The van der Waals surface area contributed by atoms with Gasteiger partial charge in [0.2, 0.25) is 0 Å². The van der Waals surface area contributed by atoms with Gasteiger partial charge in [0, 0.05) is 19.6 Å². The first-order chi connectivity index (χ1) is 9.99. The van der Waals surface area contributed by atoms with E-state index < -0.39 is 10.2 Å². The van der Waals surface area contributed by atoms with Crippen LogP contribution in [0.1, 0.15) is 58.8 Å². The summed E-state index contributed by atoms with van der Waals surface area (Å²) in [4.78, 5) is 0. The molecule has 1 fully saturated rings. The molecule has 1 saturated carbocycles. The van der Waals surface area contributed by atoms with Gasteiger partial charge in [-0.25, -0.2) is 0 Å². The first-order valence-corrected chi connectivity index (χ1v) is 9.87. The van der Waals surface area contributed by atoms with Crippen LogP contribution >= 0.6 is 0 Å². The molecule has 1 aliphatic rings. The van der Waals surface area contributed by atoms with Gasteiger partial charge in [0.15, 0.2) is 0 Å². The fraction of sp³-hybridized carbons (Fsp3) is 1.00. The normalized spacial score (nSPS) is 23.6. The molecule has 0 radical (unpaired) electrons. The summed E-state index contributed by atoms with van der Waals surface area (Å²) in [5.74, 6) is 0.800. The average molecular weight is 320 g/mol. The number of rotatable bonds is 10. The summed E-state index contributed by atoms with van der Waals surface area (Å²) < 4.78 is 28.9. The first-order valence-electron chi connectivity index (χ1n) is 8.43. The van der Waals surface area contributed by atoms with Crippen molar-refractivity contribution in [3.63, 3.8) is 0 Å². The third-order valence-corrected chi connectivity index (χ3v) is 5.98. The molecule has 0 aromatic carbocycles. The Hall–Kier alpha value is -0.170. The summed E-state index contributed by atoms with van der Waals surface area (Å²) in [5.41, 5.74) is 0. The van der Waals surface area contributed by atoms with Gasteiger partial charge >= 0.3 is 0 Å². The van der Waals surface area contributed by atoms with Crippen LogP contribution in [-0.2, 0) is 10.2 Å². The lowest BCUT2D eigenvalue weighted by Crippen LogP contribution is -2.45. The molecule has 0 unspecified atom stereocenters. The summed E-state index contributed by atoms with van der Waals surface area (Å²) >= 11 is 0. The number of nitrogens with one attached hydrogen (secondary N) is 2. The van der Waals surface area contributed by atoms with E-state index in [-0.39, 0.29) is 6.04 Å². The third kappa shape index (κ3) is 7.08. The number of hydrogen-bond donors (Lipinski definition) is 2. The minimum Gasteiger partial charge on any atom is -0.317 e. The Morgan fingerprint density at radius 2 is 1.81 bits per heavy atom. The van der Waals surface area contributed by atoms with Crippen molar-refractivity contribution < 1.29 is 8.42 Å². The molecule has 0 amide bonds. The quantitative estimate of drug-likeness (QED) is 0.606. The predicted molar refractivity (Wildman–Crippen MR) is 88.5 cm³/mol. The van der Waals surface area contributed by atoms with Gasteiger partial charge in [-0.15, -0.1) is 0 Å². The largest absolute Gasteiger partial charge is 0.317 e. The zero-order valence-electron chi connectivity index (χ0n) is 13.9. The van der Waals surface area contributed by atoms with E-state index in [1.54, 1.807) is 7.05 Å². The molecule has 0 atom stereocenters. The Morgan fingerprint density at radius 3 is 2.38 bits per heavy atom. The molecule has 0 aliphatic heterocycles. The van der Waals surface area contributed by atoms with E-state index in [0.29, 0.717) is 6.54 Å². The molecule has 0 spiro atoms. The van der Waals surface area contributed by atoms with Gasteiger partial charge in [-0.3, -0.25) is 0 Å². The molecule has 5 nitrogen and oxygen atoms in total. The van der Waals surface area contributed by atoms with Crippen molar-refractivity contribution in [2.24, 2.45) is 5.92 Å². The Morgan fingerprint density at radius 1 is 1.14 bits per heavy atom. The molecule has 0 heterocycles. The Labute approximate surface area is 131 Å². The second kappa shape index (κ2) is 9.77. The molecule has 1 rings (SSSR count). The van der Waals surface area contributed by atoms with Crippen LogP contribution in [0, 0.1) is 5.92 Å². The van der Waals surface area contributed by atoms with Gasteiger partial charge in [0.05, 0.1) is 0 Å². The van der Waals surface area contributed by atoms with E-state index in [4.69, 9.17) is 0 Å². The van der Waals surface area contributed by atoms with E-state index in [1.165, 1.54) is 17.1 Å². The van der Waals surface area contributed by atoms with Crippen LogP contribution in [0.15, 0.2) is 0 Å². The molecule has 126 valence electrons. The smallest absolute Gasteiger partial charge is 0.279 e. The zero-order chi connectivity index (χ0) is 15.7. The highest BCUT2D eigenvalue weighted by Gasteiger charge is 2.26. The second-order valence-electron chi connectivity index (χ2n) is 6.16. The lowest BCUT2D eigenvalue weighted by molar-refractivity contribution is 0.293. The topological polar surface area (TPSA) is 61.4 Å². The van der Waals surface area contributed by atoms with Crippen LogP contribution in [0.3, 0.4) is 0 Å². The molecule has 0 aromatic rings. The first kappa shape index (κ1) is 18.9. The van der Waals surface area contributed by atoms with Crippen LogP contribution in [0.4, 0.5) is 0 Å². The van der Waals surface area contributed by atoms with Crippen LogP contribution in [-0.4, -0.2) is 45.4 Å². The molecular weight excluding hydrogens is 286 g/mol. The van der Waals surface area contributed by atoms with Gasteiger partial charge < -0.3 is 5.32 Å². The van der Waals surface area contributed by atoms with Crippen LogP contribution in [0.5, 0.6) is 0 Å². The van der Waals surface area contributed by atoms with Crippen molar-refractivity contribution in [2.45, 2.75) is 64.8 Å². The molecule has 0 aromatic heterocycles. The summed E-state index contributed by atoms with van der Waals surface area (Å²) in [6, 6.07) is 0.124. The summed E-state index contributed by atoms with van der Waals surface area (Å²) in [5, 5.41) is 3.21. The Balaban J connectivity index is 2.32. The minimum atomic E-state index is -3.32. The fourth-order valence-electron chi connectivity index (χ4n) is 3.00. The molecular formula is C15H33N3O2S. The van der Waals surface area contributed by atoms with Gasteiger partial charge in [0.25, 0.3) is 10.2 Å². The van der Waals surface area contributed by atoms with E-state index in [2.05, 4.69) is 23.9 Å². The minimum absolute atomic E-state index is 0.124. The molecule has 21 heavy (non-hydrogen) atoms. The summed E-state index contributed by atoms with van der Waals surface area (Å²) in [6.07, 6.45) is 7.63. The van der Waals surface area contributed by atoms with Crippen LogP contribution in [0.2, 0.25) is 0 Å².